The number of rotatable bonds is 8. The minimum absolute atomic E-state index is 0.000612. The molecular formula is C27H29BrN2O3. The average molecular weight is 509 g/mol. The van der Waals surface area contributed by atoms with E-state index in [-0.39, 0.29) is 11.9 Å². The standard InChI is InChI=1S/C27H29BrN2O3/c1-32-18-19-33-25-13-12-23(28)20-24(25)27(31)30-16-14-29(15-17-30)26(21-8-4-2-5-9-21)22-10-6-3-7-11-22/h2-13,20,26H,14-19H2,1H3. The topological polar surface area (TPSA) is 42.0 Å². The van der Waals surface area contributed by atoms with Gasteiger partial charge in [-0.2, -0.15) is 0 Å². The molecule has 1 heterocycles. The van der Waals surface area contributed by atoms with Crippen LogP contribution in [-0.4, -0.2) is 62.2 Å². The zero-order valence-corrected chi connectivity index (χ0v) is 20.4. The molecule has 0 N–H and O–H groups in total. The van der Waals surface area contributed by atoms with Crippen molar-refractivity contribution in [3.8, 4) is 5.75 Å². The molecule has 0 saturated carbocycles. The van der Waals surface area contributed by atoms with Crippen molar-refractivity contribution < 1.29 is 14.3 Å². The molecular weight excluding hydrogens is 480 g/mol. The summed E-state index contributed by atoms with van der Waals surface area (Å²) in [4.78, 5) is 17.8. The number of hydrogen-bond donors (Lipinski definition) is 0. The summed E-state index contributed by atoms with van der Waals surface area (Å²) in [6, 6.07) is 26.9. The van der Waals surface area contributed by atoms with Crippen LogP contribution in [0.3, 0.4) is 0 Å². The second kappa shape index (κ2) is 11.5. The summed E-state index contributed by atoms with van der Waals surface area (Å²) in [7, 11) is 1.63. The van der Waals surface area contributed by atoms with Crippen LogP contribution in [0, 0.1) is 0 Å². The molecule has 1 aliphatic rings. The van der Waals surface area contributed by atoms with Crippen LogP contribution < -0.4 is 4.74 Å². The van der Waals surface area contributed by atoms with Crippen LogP contribution in [0.2, 0.25) is 0 Å². The number of benzene rings is 3. The van der Waals surface area contributed by atoms with E-state index in [2.05, 4.69) is 69.4 Å². The van der Waals surface area contributed by atoms with Gasteiger partial charge in [0.15, 0.2) is 0 Å². The summed E-state index contributed by atoms with van der Waals surface area (Å²) in [6.07, 6.45) is 0. The zero-order chi connectivity index (χ0) is 23.0. The van der Waals surface area contributed by atoms with Gasteiger partial charge in [-0.1, -0.05) is 76.6 Å². The Morgan fingerprint density at radius 2 is 1.48 bits per heavy atom. The largest absolute Gasteiger partial charge is 0.490 e. The van der Waals surface area contributed by atoms with Gasteiger partial charge >= 0.3 is 0 Å². The molecule has 0 unspecified atom stereocenters. The summed E-state index contributed by atoms with van der Waals surface area (Å²) >= 11 is 3.49. The van der Waals surface area contributed by atoms with Crippen LogP contribution in [0.4, 0.5) is 0 Å². The zero-order valence-electron chi connectivity index (χ0n) is 18.8. The summed E-state index contributed by atoms with van der Waals surface area (Å²) < 4.78 is 11.7. The Morgan fingerprint density at radius 3 is 2.06 bits per heavy atom. The minimum Gasteiger partial charge on any atom is -0.490 e. The lowest BCUT2D eigenvalue weighted by atomic mass is 9.96. The van der Waals surface area contributed by atoms with Crippen molar-refractivity contribution in [3.05, 3.63) is 100 Å². The van der Waals surface area contributed by atoms with E-state index in [0.29, 0.717) is 37.6 Å². The Labute approximate surface area is 204 Å². The molecule has 1 fully saturated rings. The first kappa shape index (κ1) is 23.5. The Hall–Kier alpha value is -2.67. The van der Waals surface area contributed by atoms with E-state index in [9.17, 15) is 4.79 Å². The molecule has 0 bridgehead atoms. The van der Waals surface area contributed by atoms with E-state index in [0.717, 1.165) is 17.6 Å². The molecule has 0 aromatic heterocycles. The second-order valence-corrected chi connectivity index (χ2v) is 8.95. The van der Waals surface area contributed by atoms with Crippen LogP contribution in [0.1, 0.15) is 27.5 Å². The monoisotopic (exact) mass is 508 g/mol. The number of halogens is 1. The molecule has 0 atom stereocenters. The van der Waals surface area contributed by atoms with E-state index in [4.69, 9.17) is 9.47 Å². The quantitative estimate of drug-likeness (QED) is 0.400. The molecule has 3 aromatic carbocycles. The lowest BCUT2D eigenvalue weighted by Crippen LogP contribution is -2.50. The fraction of sp³-hybridized carbons (Fsp3) is 0.296. The van der Waals surface area contributed by atoms with E-state index < -0.39 is 0 Å². The molecule has 0 aliphatic carbocycles. The number of piperazine rings is 1. The first-order chi connectivity index (χ1) is 16.2. The molecule has 5 nitrogen and oxygen atoms in total. The van der Waals surface area contributed by atoms with Crippen LogP contribution >= 0.6 is 15.9 Å². The van der Waals surface area contributed by atoms with Gasteiger partial charge in [0.2, 0.25) is 0 Å². The van der Waals surface area contributed by atoms with Crippen molar-refractivity contribution in [1.82, 2.24) is 9.80 Å². The van der Waals surface area contributed by atoms with Crippen molar-refractivity contribution in [1.29, 1.82) is 0 Å². The van der Waals surface area contributed by atoms with Crippen LogP contribution in [0.25, 0.3) is 0 Å². The van der Waals surface area contributed by atoms with Crippen molar-refractivity contribution in [2.75, 3.05) is 46.5 Å². The van der Waals surface area contributed by atoms with Crippen molar-refractivity contribution >= 4 is 21.8 Å². The number of nitrogens with zero attached hydrogens (tertiary/aromatic N) is 2. The SMILES string of the molecule is COCCOc1ccc(Br)cc1C(=O)N1CCN(C(c2ccccc2)c2ccccc2)CC1. The highest BCUT2D eigenvalue weighted by molar-refractivity contribution is 9.10. The van der Waals surface area contributed by atoms with Gasteiger partial charge < -0.3 is 14.4 Å². The molecule has 1 amide bonds. The number of amides is 1. The lowest BCUT2D eigenvalue weighted by Gasteiger charge is -2.40. The number of carbonyl (C=O) groups is 1. The Morgan fingerprint density at radius 1 is 0.879 bits per heavy atom. The molecule has 6 heteroatoms. The van der Waals surface area contributed by atoms with Crippen LogP contribution in [-0.2, 0) is 4.74 Å². The number of methoxy groups -OCH3 is 1. The molecule has 0 spiro atoms. The Kier molecular flexibility index (Phi) is 8.15. The van der Waals surface area contributed by atoms with Gasteiger partial charge in [-0.3, -0.25) is 9.69 Å². The van der Waals surface area contributed by atoms with E-state index in [1.54, 1.807) is 7.11 Å². The predicted octanol–water partition coefficient (Wildman–Crippen LogP) is 5.02. The maximum Gasteiger partial charge on any atom is 0.257 e. The third-order valence-corrected chi connectivity index (χ3v) is 6.41. The molecule has 4 rings (SSSR count). The fourth-order valence-electron chi connectivity index (χ4n) is 4.27. The third kappa shape index (κ3) is 5.82. The van der Waals surface area contributed by atoms with E-state index in [1.165, 1.54) is 11.1 Å². The normalized spacial score (nSPS) is 14.5. The van der Waals surface area contributed by atoms with E-state index >= 15 is 0 Å². The molecule has 0 radical (unpaired) electrons. The summed E-state index contributed by atoms with van der Waals surface area (Å²) in [5.41, 5.74) is 3.12. The average Bonchev–Trinajstić information content (AvgIpc) is 2.86. The fourth-order valence-corrected chi connectivity index (χ4v) is 4.63. The highest BCUT2D eigenvalue weighted by Gasteiger charge is 2.29. The van der Waals surface area contributed by atoms with Crippen LogP contribution in [0.15, 0.2) is 83.3 Å². The highest BCUT2D eigenvalue weighted by atomic mass is 79.9. The molecule has 172 valence electrons. The minimum atomic E-state index is -0.000612. The number of ether oxygens (including phenoxy) is 2. The van der Waals surface area contributed by atoms with Gasteiger partial charge in [-0.15, -0.1) is 0 Å². The summed E-state index contributed by atoms with van der Waals surface area (Å²) in [6.45, 7) is 3.81. The summed E-state index contributed by atoms with van der Waals surface area (Å²) in [5, 5.41) is 0. The third-order valence-electron chi connectivity index (χ3n) is 5.91. The van der Waals surface area contributed by atoms with Gasteiger partial charge in [0.05, 0.1) is 18.2 Å². The number of hydrogen-bond acceptors (Lipinski definition) is 4. The molecule has 33 heavy (non-hydrogen) atoms. The Bertz CT molecular complexity index is 998. The molecule has 1 aliphatic heterocycles. The molecule has 1 saturated heterocycles. The van der Waals surface area contributed by atoms with Gasteiger partial charge in [-0.25, -0.2) is 0 Å². The first-order valence-corrected chi connectivity index (χ1v) is 12.0. The van der Waals surface area contributed by atoms with Crippen LogP contribution in [0.5, 0.6) is 5.75 Å². The Balaban J connectivity index is 1.49. The van der Waals surface area contributed by atoms with Gasteiger partial charge in [-0.05, 0) is 29.3 Å². The predicted molar refractivity (Wildman–Crippen MR) is 134 cm³/mol. The maximum atomic E-state index is 13.4. The van der Waals surface area contributed by atoms with Gasteiger partial charge in [0.25, 0.3) is 5.91 Å². The number of carbonyl (C=O) groups excluding carboxylic acids is 1. The maximum absolute atomic E-state index is 13.4. The smallest absolute Gasteiger partial charge is 0.257 e. The van der Waals surface area contributed by atoms with E-state index in [1.807, 2.05) is 35.2 Å². The lowest BCUT2D eigenvalue weighted by molar-refractivity contribution is 0.0591. The highest BCUT2D eigenvalue weighted by Crippen LogP contribution is 2.30. The second-order valence-electron chi connectivity index (χ2n) is 8.03. The first-order valence-electron chi connectivity index (χ1n) is 11.2. The van der Waals surface area contributed by atoms with Gasteiger partial charge in [0, 0.05) is 37.8 Å². The molecule has 3 aromatic rings. The summed E-state index contributed by atoms with van der Waals surface area (Å²) in [5.74, 6) is 0.591. The van der Waals surface area contributed by atoms with Crippen molar-refractivity contribution in [2.24, 2.45) is 0 Å². The van der Waals surface area contributed by atoms with Gasteiger partial charge in [0.1, 0.15) is 12.4 Å². The van der Waals surface area contributed by atoms with Crippen molar-refractivity contribution in [2.45, 2.75) is 6.04 Å². The van der Waals surface area contributed by atoms with Crippen molar-refractivity contribution in [3.63, 3.8) is 0 Å².